The highest BCUT2D eigenvalue weighted by Crippen LogP contribution is 2.20. The van der Waals surface area contributed by atoms with Gasteiger partial charge in [-0.25, -0.2) is 4.79 Å². The van der Waals surface area contributed by atoms with E-state index in [0.29, 0.717) is 19.3 Å². The average molecular weight is 1140 g/mol. The highest BCUT2D eigenvalue weighted by molar-refractivity contribution is 5.99. The van der Waals surface area contributed by atoms with Gasteiger partial charge >= 0.3 is 23.9 Å². The topological polar surface area (TPSA) is 495 Å². The van der Waals surface area contributed by atoms with E-state index >= 15 is 0 Å². The minimum absolute atomic E-state index is 0.0339. The fourth-order valence-corrected chi connectivity index (χ4v) is 8.41. The van der Waals surface area contributed by atoms with Crippen LogP contribution < -0.4 is 54.0 Å². The molecule has 12 atom stereocenters. The minimum Gasteiger partial charge on any atom is -0.481 e. The largest absolute Gasteiger partial charge is 0.481 e. The Balaban J connectivity index is 3.39. The van der Waals surface area contributed by atoms with Gasteiger partial charge in [0, 0.05) is 19.4 Å². The number of amides is 9. The van der Waals surface area contributed by atoms with Gasteiger partial charge in [-0.1, -0.05) is 48.0 Å². The first-order valence-corrected chi connectivity index (χ1v) is 26.7. The molecule has 1 aliphatic heterocycles. The average Bonchev–Trinajstić information content (AvgIpc) is 3.87. The molecule has 1 fully saturated rings. The molecular formula is C50H85N11O19. The molecule has 0 aromatic heterocycles. The van der Waals surface area contributed by atoms with Crippen molar-refractivity contribution in [1.29, 1.82) is 0 Å². The van der Waals surface area contributed by atoms with Crippen molar-refractivity contribution in [3.63, 3.8) is 0 Å². The molecule has 18 N–H and O–H groups in total. The smallest absolute Gasteiger partial charge is 0.326 e. The fraction of sp³-hybridized carbons (Fsp3) is 0.740. The SMILES string of the molecule is CC[C@H](C)[C@H](NC(=O)[C@H](CC(C)C)NC(=O)[C@H](CCC(=O)O)NC(=O)[C@@H]1CCCN1C(=O)[C@@H](N)CCC(=O)O)C(=O)N[C@@H](CC(=O)O)C(=O)N[C@@H](CO)C(=O)N[C@H](C(=O)N[C@@H](CCCCN)C(=O)N[C@@H](CC(C)C)C(=O)O)[C@@H](C)O. The first-order chi connectivity index (χ1) is 37.4. The van der Waals surface area contributed by atoms with Gasteiger partial charge in [0.25, 0.3) is 0 Å². The molecule has 0 spiro atoms. The molecule has 30 nitrogen and oxygen atoms in total. The van der Waals surface area contributed by atoms with Gasteiger partial charge in [0.05, 0.1) is 25.2 Å². The highest BCUT2D eigenvalue weighted by Gasteiger charge is 2.40. The van der Waals surface area contributed by atoms with Gasteiger partial charge in [0.1, 0.15) is 54.4 Å². The van der Waals surface area contributed by atoms with Gasteiger partial charge in [-0.05, 0) is 89.0 Å². The van der Waals surface area contributed by atoms with E-state index in [4.69, 9.17) is 16.6 Å². The lowest BCUT2D eigenvalue weighted by Gasteiger charge is -2.30. The van der Waals surface area contributed by atoms with Gasteiger partial charge in [-0.15, -0.1) is 0 Å². The van der Waals surface area contributed by atoms with Crippen LogP contribution in [0.2, 0.25) is 0 Å². The summed E-state index contributed by atoms with van der Waals surface area (Å²) in [5.74, 6) is -16.0. The minimum atomic E-state index is -2.00. The van der Waals surface area contributed by atoms with Crippen LogP contribution in [0.3, 0.4) is 0 Å². The van der Waals surface area contributed by atoms with E-state index in [1.807, 2.05) is 0 Å². The summed E-state index contributed by atoms with van der Waals surface area (Å²) in [4.78, 5) is 171. The number of likely N-dealkylation sites (tertiary alicyclic amines) is 1. The lowest BCUT2D eigenvalue weighted by atomic mass is 9.96. The number of carboxylic acid groups (broad SMARTS) is 4. The number of nitrogens with zero attached hydrogens (tertiary/aromatic N) is 1. The zero-order valence-electron chi connectivity index (χ0n) is 46.5. The first-order valence-electron chi connectivity index (χ1n) is 26.7. The molecule has 0 saturated carbocycles. The molecule has 1 aliphatic rings. The highest BCUT2D eigenvalue weighted by atomic mass is 16.4. The summed E-state index contributed by atoms with van der Waals surface area (Å²) in [7, 11) is 0. The van der Waals surface area contributed by atoms with E-state index in [-0.39, 0.29) is 63.5 Å². The number of carboxylic acids is 4. The van der Waals surface area contributed by atoms with Crippen LogP contribution in [0.25, 0.3) is 0 Å². The molecule has 1 rings (SSSR count). The standard InChI is InChI=1S/C50H85N11O19/c1-8-26(6)39(59-44(73)31(20-24(2)3)55-42(71)30(15-17-37(66)67)53-46(75)35-13-11-19-61(35)49(78)28(52)14-16-36(64)65)47(76)56-32(22-38(68)69)43(72)58-34(23-62)45(74)60-40(27(7)63)48(77)54-29(12-9-10-18-51)41(70)57-33(50(79)80)21-25(4)5/h24-35,39-40,62-63H,8-23,51-52H2,1-7H3,(H,53,75)(H,54,77)(H,55,71)(H,56,76)(H,57,70)(H,58,72)(H,59,73)(H,60,74)(H,64,65)(H,66,67)(H,68,69)(H,79,80)/t26-,27+,28-,29-,30-,31-,32-,33-,34-,35-,39-,40-/m0/s1. The maximum absolute atomic E-state index is 14.1. The molecule has 0 radical (unpaired) electrons. The number of carbonyl (C=O) groups is 13. The number of hydrogen-bond acceptors (Lipinski definition) is 17. The predicted octanol–water partition coefficient (Wildman–Crippen LogP) is -3.89. The van der Waals surface area contributed by atoms with Gasteiger partial charge in [0.2, 0.25) is 53.2 Å². The van der Waals surface area contributed by atoms with Crippen molar-refractivity contribution in [3.8, 4) is 0 Å². The van der Waals surface area contributed by atoms with Crippen molar-refractivity contribution in [3.05, 3.63) is 0 Å². The summed E-state index contributed by atoms with van der Waals surface area (Å²) in [5, 5.41) is 77.6. The van der Waals surface area contributed by atoms with E-state index in [9.17, 15) is 87.9 Å². The third-order valence-electron chi connectivity index (χ3n) is 13.0. The van der Waals surface area contributed by atoms with E-state index in [2.05, 4.69) is 42.5 Å². The quantitative estimate of drug-likeness (QED) is 0.0263. The number of unbranched alkanes of at least 4 members (excludes halogenated alkanes) is 1. The van der Waals surface area contributed by atoms with Crippen LogP contribution in [0.1, 0.15) is 132 Å². The number of aliphatic hydroxyl groups excluding tert-OH is 2. The van der Waals surface area contributed by atoms with Crippen molar-refractivity contribution in [2.45, 2.75) is 198 Å². The van der Waals surface area contributed by atoms with Crippen molar-refractivity contribution in [2.75, 3.05) is 19.7 Å². The third kappa shape index (κ3) is 25.0. The molecule has 0 aromatic rings. The summed E-state index contributed by atoms with van der Waals surface area (Å²) in [6, 6.07) is -15.5. The molecule has 30 heteroatoms. The third-order valence-corrected chi connectivity index (χ3v) is 13.0. The number of aliphatic hydroxyl groups is 2. The van der Waals surface area contributed by atoms with Crippen LogP contribution in [0.15, 0.2) is 0 Å². The number of carbonyl (C=O) groups excluding carboxylic acids is 9. The second kappa shape index (κ2) is 35.5. The Morgan fingerprint density at radius 2 is 1.01 bits per heavy atom. The summed E-state index contributed by atoms with van der Waals surface area (Å²) in [6.45, 7) is 10.2. The fourth-order valence-electron chi connectivity index (χ4n) is 8.41. The first kappa shape index (κ1) is 71.0. The van der Waals surface area contributed by atoms with Gasteiger partial charge < -0.3 is 89.5 Å². The van der Waals surface area contributed by atoms with Crippen molar-refractivity contribution >= 4 is 77.0 Å². The Bertz CT molecular complexity index is 2160. The summed E-state index contributed by atoms with van der Waals surface area (Å²) >= 11 is 0. The van der Waals surface area contributed by atoms with E-state index in [1.165, 1.54) is 6.92 Å². The second-order valence-electron chi connectivity index (χ2n) is 20.8. The van der Waals surface area contributed by atoms with Gasteiger partial charge in [-0.2, -0.15) is 0 Å². The summed E-state index contributed by atoms with van der Waals surface area (Å²) < 4.78 is 0. The number of hydrogen-bond donors (Lipinski definition) is 16. The lowest BCUT2D eigenvalue weighted by molar-refractivity contribution is -0.143. The number of rotatable bonds is 38. The van der Waals surface area contributed by atoms with E-state index in [0.717, 1.165) is 11.8 Å². The Kier molecular flexibility index (Phi) is 31.5. The number of nitrogens with two attached hydrogens (primary N) is 2. The molecule has 0 aliphatic carbocycles. The molecule has 0 aromatic carbocycles. The van der Waals surface area contributed by atoms with Crippen molar-refractivity contribution in [2.24, 2.45) is 29.2 Å². The Labute approximate surface area is 463 Å². The van der Waals surface area contributed by atoms with Crippen LogP contribution in [-0.4, -0.2) is 199 Å². The Morgan fingerprint density at radius 1 is 0.550 bits per heavy atom. The maximum Gasteiger partial charge on any atom is 0.326 e. The van der Waals surface area contributed by atoms with Crippen LogP contribution >= 0.6 is 0 Å². The zero-order chi connectivity index (χ0) is 61.1. The zero-order valence-corrected chi connectivity index (χ0v) is 46.5. The summed E-state index contributed by atoms with van der Waals surface area (Å²) in [5.41, 5.74) is 11.5. The molecule has 0 bridgehead atoms. The van der Waals surface area contributed by atoms with Crippen LogP contribution in [0.5, 0.6) is 0 Å². The number of aliphatic carboxylic acids is 4. The molecule has 1 saturated heterocycles. The van der Waals surface area contributed by atoms with Crippen LogP contribution in [-0.2, 0) is 62.3 Å². The van der Waals surface area contributed by atoms with Gasteiger partial charge in [-0.3, -0.25) is 57.5 Å². The maximum atomic E-state index is 14.1. The molecule has 9 amide bonds. The second-order valence-corrected chi connectivity index (χ2v) is 20.8. The molecule has 0 unspecified atom stereocenters. The predicted molar refractivity (Wildman–Crippen MR) is 282 cm³/mol. The molecule has 80 heavy (non-hydrogen) atoms. The van der Waals surface area contributed by atoms with Crippen molar-refractivity contribution < 1.29 is 93.0 Å². The molecule has 1 heterocycles. The normalized spacial score (nSPS) is 17.3. The Hall–Kier alpha value is -7.05. The monoisotopic (exact) mass is 1140 g/mol. The molecule has 454 valence electrons. The van der Waals surface area contributed by atoms with E-state index in [1.54, 1.807) is 34.6 Å². The van der Waals surface area contributed by atoms with Crippen LogP contribution in [0.4, 0.5) is 0 Å². The van der Waals surface area contributed by atoms with E-state index < -0.39 is 182 Å². The Morgan fingerprint density at radius 3 is 1.52 bits per heavy atom. The van der Waals surface area contributed by atoms with Gasteiger partial charge in [0.15, 0.2) is 0 Å². The number of nitrogens with one attached hydrogen (secondary N) is 8. The summed E-state index contributed by atoms with van der Waals surface area (Å²) in [6.07, 6.45) is -3.25. The lowest BCUT2D eigenvalue weighted by Crippen LogP contribution is -2.62. The molecular weight excluding hydrogens is 1060 g/mol. The van der Waals surface area contributed by atoms with Crippen molar-refractivity contribution in [1.82, 2.24) is 47.4 Å². The van der Waals surface area contributed by atoms with Crippen LogP contribution in [0, 0.1) is 17.8 Å².